The number of carbonyl (C=O) groups excluding carboxylic acids is 2. The van der Waals surface area contributed by atoms with Gasteiger partial charge in [-0.05, 0) is 6.92 Å². The average molecular weight is 276 g/mol. The second kappa shape index (κ2) is 8.78. The summed E-state index contributed by atoms with van der Waals surface area (Å²) in [6.07, 6.45) is 0.493. The molecule has 0 aromatic carbocycles. The van der Waals surface area contributed by atoms with Crippen LogP contribution in [0.4, 0.5) is 4.79 Å². The van der Waals surface area contributed by atoms with E-state index in [-0.39, 0.29) is 0 Å². The van der Waals surface area contributed by atoms with E-state index in [0.717, 1.165) is 0 Å². The standard InChI is InChI=1S/C10H20N4O3S/c1-7(9(15)13-10(12)16)14(5-6-17-2)4-3-8(11)18/h7H,3-6H2,1-2H3,(H2,11,18)(H3,12,13,15,16). The molecule has 0 spiro atoms. The fraction of sp³-hybridized carbons (Fsp3) is 0.700. The molecule has 5 N–H and O–H groups in total. The van der Waals surface area contributed by atoms with Gasteiger partial charge in [-0.25, -0.2) is 4.79 Å². The molecule has 0 heterocycles. The lowest BCUT2D eigenvalue weighted by molar-refractivity contribution is -0.124. The zero-order valence-corrected chi connectivity index (χ0v) is 11.5. The minimum atomic E-state index is -0.868. The van der Waals surface area contributed by atoms with E-state index in [2.05, 4.69) is 0 Å². The first-order chi connectivity index (χ1) is 8.38. The second-order valence-corrected chi connectivity index (χ2v) is 4.30. The number of amides is 3. The SMILES string of the molecule is COCCN(CCC(N)=S)C(C)C(=O)NC(N)=O. The Labute approximate surface area is 112 Å². The van der Waals surface area contributed by atoms with Gasteiger partial charge in [0.15, 0.2) is 0 Å². The zero-order chi connectivity index (χ0) is 14.1. The van der Waals surface area contributed by atoms with Gasteiger partial charge in [-0.15, -0.1) is 0 Å². The average Bonchev–Trinajstić information content (AvgIpc) is 2.27. The molecule has 1 atom stereocenters. The fourth-order valence-corrected chi connectivity index (χ4v) is 1.44. The number of nitrogens with two attached hydrogens (primary N) is 2. The maximum atomic E-state index is 11.6. The van der Waals surface area contributed by atoms with E-state index < -0.39 is 18.0 Å². The molecule has 1 unspecified atom stereocenters. The van der Waals surface area contributed by atoms with Crippen molar-refractivity contribution < 1.29 is 14.3 Å². The van der Waals surface area contributed by atoms with E-state index >= 15 is 0 Å². The van der Waals surface area contributed by atoms with E-state index in [4.69, 9.17) is 28.4 Å². The van der Waals surface area contributed by atoms with E-state index in [1.54, 1.807) is 14.0 Å². The Morgan fingerprint density at radius 3 is 2.44 bits per heavy atom. The van der Waals surface area contributed by atoms with E-state index in [9.17, 15) is 9.59 Å². The number of hydrogen-bond acceptors (Lipinski definition) is 5. The van der Waals surface area contributed by atoms with Crippen molar-refractivity contribution in [1.29, 1.82) is 0 Å². The van der Waals surface area contributed by atoms with Gasteiger partial charge in [0.05, 0.1) is 17.6 Å². The van der Waals surface area contributed by atoms with Crippen LogP contribution in [-0.2, 0) is 9.53 Å². The molecule has 0 rings (SSSR count). The van der Waals surface area contributed by atoms with E-state index in [0.29, 0.717) is 31.1 Å². The number of ether oxygens (including phenoxy) is 1. The number of urea groups is 1. The third-order valence-corrected chi connectivity index (χ3v) is 2.61. The van der Waals surface area contributed by atoms with Crippen molar-refractivity contribution in [3.8, 4) is 0 Å². The van der Waals surface area contributed by atoms with E-state index in [1.165, 1.54) is 0 Å². The molecule has 3 amide bonds. The lowest BCUT2D eigenvalue weighted by atomic mass is 10.2. The number of hydrogen-bond donors (Lipinski definition) is 3. The van der Waals surface area contributed by atoms with Crippen molar-refractivity contribution in [1.82, 2.24) is 10.2 Å². The molecule has 0 aromatic heterocycles. The van der Waals surface area contributed by atoms with Crippen LogP contribution in [0.25, 0.3) is 0 Å². The highest BCUT2D eigenvalue weighted by Gasteiger charge is 2.21. The first-order valence-corrected chi connectivity index (χ1v) is 5.91. The Balaban J connectivity index is 4.45. The first-order valence-electron chi connectivity index (χ1n) is 5.50. The maximum absolute atomic E-state index is 11.6. The Hall–Kier alpha value is -1.25. The molecule has 8 heteroatoms. The molecule has 104 valence electrons. The summed E-state index contributed by atoms with van der Waals surface area (Å²) in [7, 11) is 1.57. The topological polar surface area (TPSA) is 111 Å². The Kier molecular flexibility index (Phi) is 8.17. The van der Waals surface area contributed by atoms with E-state index in [1.807, 2.05) is 10.2 Å². The number of primary amides is 1. The number of nitrogens with zero attached hydrogens (tertiary/aromatic N) is 1. The van der Waals surface area contributed by atoms with Crippen LogP contribution in [0.1, 0.15) is 13.3 Å². The van der Waals surface area contributed by atoms with Gasteiger partial charge in [0.2, 0.25) is 5.91 Å². The van der Waals surface area contributed by atoms with Crippen LogP contribution in [-0.4, -0.2) is 54.7 Å². The van der Waals surface area contributed by atoms with Crippen molar-refractivity contribution in [2.45, 2.75) is 19.4 Å². The molecule has 0 aliphatic carbocycles. The van der Waals surface area contributed by atoms with Crippen molar-refractivity contribution in [2.75, 3.05) is 26.8 Å². The summed E-state index contributed by atoms with van der Waals surface area (Å²) in [4.78, 5) is 24.5. The van der Waals surface area contributed by atoms with Crippen LogP contribution in [0.5, 0.6) is 0 Å². The van der Waals surface area contributed by atoms with Gasteiger partial charge in [0.25, 0.3) is 0 Å². The summed E-state index contributed by atoms with van der Waals surface area (Å²) < 4.78 is 4.96. The maximum Gasteiger partial charge on any atom is 0.318 e. The molecular weight excluding hydrogens is 256 g/mol. The number of thiocarbonyl (C=S) groups is 1. The van der Waals surface area contributed by atoms with Crippen LogP contribution in [0.15, 0.2) is 0 Å². The van der Waals surface area contributed by atoms with Crippen LogP contribution in [0.3, 0.4) is 0 Å². The molecule has 0 aromatic rings. The lowest BCUT2D eigenvalue weighted by Crippen LogP contribution is -2.49. The molecule has 0 aliphatic heterocycles. The highest BCUT2D eigenvalue weighted by molar-refractivity contribution is 7.80. The number of rotatable bonds is 8. The third-order valence-electron chi connectivity index (χ3n) is 2.40. The minimum absolute atomic E-state index is 0.375. The minimum Gasteiger partial charge on any atom is -0.393 e. The lowest BCUT2D eigenvalue weighted by Gasteiger charge is -2.27. The number of nitrogens with one attached hydrogen (secondary N) is 1. The molecule has 0 saturated heterocycles. The normalized spacial score (nSPS) is 12.2. The van der Waals surface area contributed by atoms with Crippen molar-refractivity contribution >= 4 is 29.1 Å². The van der Waals surface area contributed by atoms with Crippen LogP contribution >= 0.6 is 12.2 Å². The number of carbonyl (C=O) groups is 2. The molecule has 0 bridgehead atoms. The summed E-state index contributed by atoms with van der Waals surface area (Å²) in [6, 6.07) is -1.38. The third kappa shape index (κ3) is 7.15. The highest BCUT2D eigenvalue weighted by Crippen LogP contribution is 2.01. The second-order valence-electron chi connectivity index (χ2n) is 3.77. The molecule has 0 fully saturated rings. The summed E-state index contributed by atoms with van der Waals surface area (Å²) in [5.74, 6) is -0.457. The smallest absolute Gasteiger partial charge is 0.318 e. The molecule has 18 heavy (non-hydrogen) atoms. The zero-order valence-electron chi connectivity index (χ0n) is 10.6. The Bertz CT molecular complexity index is 311. The number of imide groups is 1. The number of methoxy groups -OCH3 is 1. The molecule has 0 radical (unpaired) electrons. The summed E-state index contributed by atoms with van der Waals surface area (Å²) in [6.45, 7) is 3.19. The van der Waals surface area contributed by atoms with Crippen molar-refractivity contribution in [2.24, 2.45) is 11.5 Å². The monoisotopic (exact) mass is 276 g/mol. The van der Waals surface area contributed by atoms with Gasteiger partial charge in [-0.3, -0.25) is 15.0 Å². The summed E-state index contributed by atoms with van der Waals surface area (Å²) >= 11 is 4.79. The summed E-state index contributed by atoms with van der Waals surface area (Å²) in [5.41, 5.74) is 10.3. The predicted molar refractivity (Wildman–Crippen MR) is 72.0 cm³/mol. The Morgan fingerprint density at radius 1 is 1.39 bits per heavy atom. The largest absolute Gasteiger partial charge is 0.393 e. The van der Waals surface area contributed by atoms with Crippen LogP contribution < -0.4 is 16.8 Å². The molecule has 0 saturated carbocycles. The summed E-state index contributed by atoms with van der Waals surface area (Å²) in [5, 5.41) is 2.04. The highest BCUT2D eigenvalue weighted by atomic mass is 32.1. The van der Waals surface area contributed by atoms with Gasteiger partial charge in [0.1, 0.15) is 0 Å². The van der Waals surface area contributed by atoms with Gasteiger partial charge in [-0.2, -0.15) is 0 Å². The van der Waals surface area contributed by atoms with Gasteiger partial charge in [0, 0.05) is 26.6 Å². The fourth-order valence-electron chi connectivity index (χ4n) is 1.35. The van der Waals surface area contributed by atoms with Crippen molar-refractivity contribution in [3.63, 3.8) is 0 Å². The predicted octanol–water partition coefficient (Wildman–Crippen LogP) is -0.806. The van der Waals surface area contributed by atoms with Crippen LogP contribution in [0.2, 0.25) is 0 Å². The first kappa shape index (κ1) is 16.8. The van der Waals surface area contributed by atoms with Crippen LogP contribution in [0, 0.1) is 0 Å². The van der Waals surface area contributed by atoms with Gasteiger partial charge in [-0.1, -0.05) is 12.2 Å². The Morgan fingerprint density at radius 2 is 2.00 bits per heavy atom. The molecular formula is C10H20N4O3S. The molecule has 0 aliphatic rings. The van der Waals surface area contributed by atoms with Gasteiger partial charge >= 0.3 is 6.03 Å². The molecule has 7 nitrogen and oxygen atoms in total. The quantitative estimate of drug-likeness (QED) is 0.500. The van der Waals surface area contributed by atoms with Crippen molar-refractivity contribution in [3.05, 3.63) is 0 Å². The van der Waals surface area contributed by atoms with Gasteiger partial charge < -0.3 is 16.2 Å².